The third-order valence-electron chi connectivity index (χ3n) is 4.70. The van der Waals surface area contributed by atoms with Gasteiger partial charge in [0.2, 0.25) is 5.91 Å². The molecule has 0 radical (unpaired) electrons. The van der Waals surface area contributed by atoms with Crippen LogP contribution in [0.1, 0.15) is 12.8 Å². The second kappa shape index (κ2) is 9.41. The number of carbonyl (C=O) groups excluding carboxylic acids is 1. The highest BCUT2D eigenvalue weighted by molar-refractivity contribution is 7.99. The maximum Gasteiger partial charge on any atom is 0.292 e. The normalized spacial score (nSPS) is 14.7. The van der Waals surface area contributed by atoms with Crippen LogP contribution in [0.2, 0.25) is 0 Å². The Kier molecular flexibility index (Phi) is 6.70. The van der Waals surface area contributed by atoms with Crippen molar-refractivity contribution in [3.8, 4) is 0 Å². The van der Waals surface area contributed by atoms with Gasteiger partial charge in [-0.05, 0) is 31.0 Å². The van der Waals surface area contributed by atoms with Gasteiger partial charge in [-0.15, -0.1) is 11.8 Å². The quantitative estimate of drug-likeness (QED) is 0.340. The highest BCUT2D eigenvalue weighted by Gasteiger charge is 2.27. The number of nitro groups is 1. The number of thioether (sulfide) groups is 1. The topological polar surface area (TPSA) is 75.5 Å². The SMILES string of the molecule is O=C(NCCSc1ccccc1)C1CCN(c2ccccc2[N+](=O)[O-])CC1. The van der Waals surface area contributed by atoms with Crippen LogP contribution in [-0.2, 0) is 4.79 Å². The first-order valence-corrected chi connectivity index (χ1v) is 10.1. The molecule has 3 rings (SSSR count). The largest absolute Gasteiger partial charge is 0.366 e. The van der Waals surface area contributed by atoms with Crippen LogP contribution in [0.5, 0.6) is 0 Å². The molecule has 6 nitrogen and oxygen atoms in total. The van der Waals surface area contributed by atoms with Gasteiger partial charge < -0.3 is 10.2 Å². The van der Waals surface area contributed by atoms with Crippen molar-refractivity contribution in [1.29, 1.82) is 0 Å². The number of rotatable bonds is 7. The molecule has 2 aromatic rings. The molecule has 27 heavy (non-hydrogen) atoms. The number of nitrogens with zero attached hydrogens (tertiary/aromatic N) is 2. The number of hydrogen-bond acceptors (Lipinski definition) is 5. The van der Waals surface area contributed by atoms with Crippen molar-refractivity contribution >= 4 is 29.0 Å². The van der Waals surface area contributed by atoms with Crippen LogP contribution < -0.4 is 10.2 Å². The summed E-state index contributed by atoms with van der Waals surface area (Å²) in [6.45, 7) is 1.95. The molecule has 1 fully saturated rings. The van der Waals surface area contributed by atoms with Gasteiger partial charge in [-0.2, -0.15) is 0 Å². The smallest absolute Gasteiger partial charge is 0.292 e. The number of nitro benzene ring substituents is 1. The van der Waals surface area contributed by atoms with Crippen LogP contribution in [0, 0.1) is 16.0 Å². The van der Waals surface area contributed by atoms with Crippen molar-refractivity contribution in [3.63, 3.8) is 0 Å². The zero-order chi connectivity index (χ0) is 19.1. The molecule has 1 aliphatic rings. The molecule has 0 unspecified atom stereocenters. The summed E-state index contributed by atoms with van der Waals surface area (Å²) in [5.41, 5.74) is 0.763. The molecule has 1 saturated heterocycles. The van der Waals surface area contributed by atoms with Crippen LogP contribution in [0.4, 0.5) is 11.4 Å². The predicted molar refractivity (Wildman–Crippen MR) is 108 cm³/mol. The number of anilines is 1. The van der Waals surface area contributed by atoms with E-state index in [1.54, 1.807) is 23.9 Å². The lowest BCUT2D eigenvalue weighted by Crippen LogP contribution is -2.41. The Labute approximate surface area is 163 Å². The summed E-state index contributed by atoms with van der Waals surface area (Å²) in [6.07, 6.45) is 1.42. The summed E-state index contributed by atoms with van der Waals surface area (Å²) < 4.78 is 0. The molecule has 1 amide bonds. The zero-order valence-electron chi connectivity index (χ0n) is 15.0. The van der Waals surface area contributed by atoms with E-state index in [9.17, 15) is 14.9 Å². The van der Waals surface area contributed by atoms with Crippen LogP contribution in [0.25, 0.3) is 0 Å². The summed E-state index contributed by atoms with van der Waals surface area (Å²) in [4.78, 5) is 26.4. The van der Waals surface area contributed by atoms with Crippen molar-refractivity contribution in [1.82, 2.24) is 5.32 Å². The molecule has 0 atom stereocenters. The first-order chi connectivity index (χ1) is 13.1. The Morgan fingerprint density at radius 3 is 2.48 bits per heavy atom. The lowest BCUT2D eigenvalue weighted by molar-refractivity contribution is -0.384. The molecule has 1 heterocycles. The van der Waals surface area contributed by atoms with E-state index in [0.29, 0.717) is 38.2 Å². The Bertz CT molecular complexity index is 777. The highest BCUT2D eigenvalue weighted by atomic mass is 32.2. The Morgan fingerprint density at radius 2 is 1.78 bits per heavy atom. The molecule has 0 saturated carbocycles. The molecule has 1 N–H and O–H groups in total. The van der Waals surface area contributed by atoms with Gasteiger partial charge in [0, 0.05) is 42.3 Å². The van der Waals surface area contributed by atoms with Crippen LogP contribution >= 0.6 is 11.8 Å². The molecule has 0 bridgehead atoms. The molecule has 0 aromatic heterocycles. The van der Waals surface area contributed by atoms with Gasteiger partial charge in [0.05, 0.1) is 4.92 Å². The van der Waals surface area contributed by atoms with E-state index in [1.807, 2.05) is 29.2 Å². The van der Waals surface area contributed by atoms with Gasteiger partial charge in [-0.1, -0.05) is 30.3 Å². The van der Waals surface area contributed by atoms with E-state index in [1.165, 1.54) is 11.0 Å². The predicted octanol–water partition coefficient (Wildman–Crippen LogP) is 3.72. The number of para-hydroxylation sites is 2. The monoisotopic (exact) mass is 385 g/mol. The van der Waals surface area contributed by atoms with E-state index >= 15 is 0 Å². The number of amides is 1. The summed E-state index contributed by atoms with van der Waals surface area (Å²) >= 11 is 1.72. The third kappa shape index (κ3) is 5.23. The number of benzene rings is 2. The van der Waals surface area contributed by atoms with E-state index in [4.69, 9.17) is 0 Å². The Morgan fingerprint density at radius 1 is 1.11 bits per heavy atom. The van der Waals surface area contributed by atoms with Gasteiger partial charge >= 0.3 is 0 Å². The fraction of sp³-hybridized carbons (Fsp3) is 0.350. The second-order valence-corrected chi connectivity index (χ2v) is 7.63. The van der Waals surface area contributed by atoms with E-state index in [2.05, 4.69) is 17.4 Å². The zero-order valence-corrected chi connectivity index (χ0v) is 15.9. The molecule has 0 spiro atoms. The first-order valence-electron chi connectivity index (χ1n) is 9.09. The summed E-state index contributed by atoms with van der Waals surface area (Å²) in [7, 11) is 0. The van der Waals surface area contributed by atoms with Crippen molar-refractivity contribution in [2.45, 2.75) is 17.7 Å². The molecular weight excluding hydrogens is 362 g/mol. The average molecular weight is 385 g/mol. The fourth-order valence-electron chi connectivity index (χ4n) is 3.27. The van der Waals surface area contributed by atoms with Gasteiger partial charge in [-0.3, -0.25) is 14.9 Å². The molecule has 0 aliphatic carbocycles. The van der Waals surface area contributed by atoms with E-state index in [-0.39, 0.29) is 22.4 Å². The minimum atomic E-state index is -0.349. The average Bonchev–Trinajstić information content (AvgIpc) is 2.72. The lowest BCUT2D eigenvalue weighted by atomic mass is 9.95. The maximum atomic E-state index is 12.4. The number of carbonyl (C=O) groups is 1. The van der Waals surface area contributed by atoms with Gasteiger partial charge in [0.15, 0.2) is 0 Å². The minimum Gasteiger partial charge on any atom is -0.366 e. The van der Waals surface area contributed by atoms with Crippen LogP contribution in [0.3, 0.4) is 0 Å². The molecule has 1 aliphatic heterocycles. The van der Waals surface area contributed by atoms with Crippen LogP contribution in [0.15, 0.2) is 59.5 Å². The lowest BCUT2D eigenvalue weighted by Gasteiger charge is -2.32. The van der Waals surface area contributed by atoms with Crippen molar-refractivity contribution < 1.29 is 9.72 Å². The number of piperidine rings is 1. The summed E-state index contributed by atoms with van der Waals surface area (Å²) in [5, 5.41) is 14.2. The van der Waals surface area contributed by atoms with Crippen molar-refractivity contribution in [3.05, 3.63) is 64.7 Å². The highest BCUT2D eigenvalue weighted by Crippen LogP contribution is 2.31. The number of hydrogen-bond donors (Lipinski definition) is 1. The van der Waals surface area contributed by atoms with Gasteiger partial charge in [0.1, 0.15) is 5.69 Å². The maximum absolute atomic E-state index is 12.4. The summed E-state index contributed by atoms with van der Waals surface area (Å²) in [5.74, 6) is 0.904. The van der Waals surface area contributed by atoms with Crippen LogP contribution in [-0.4, -0.2) is 36.2 Å². The number of nitrogens with one attached hydrogen (secondary N) is 1. The van der Waals surface area contributed by atoms with E-state index in [0.717, 1.165) is 5.75 Å². The molecule has 142 valence electrons. The second-order valence-electron chi connectivity index (χ2n) is 6.46. The molecule has 2 aromatic carbocycles. The standard InChI is InChI=1S/C20H23N3O3S/c24-20(21-12-15-27-17-6-2-1-3-7-17)16-10-13-22(14-11-16)18-8-4-5-9-19(18)23(25)26/h1-9,16H,10-15H2,(H,21,24). The Balaban J connectivity index is 1.43. The first kappa shape index (κ1) is 19.2. The minimum absolute atomic E-state index is 0.0225. The fourth-order valence-corrected chi connectivity index (χ4v) is 4.06. The molecular formula is C20H23N3O3S. The van der Waals surface area contributed by atoms with E-state index < -0.39 is 0 Å². The van der Waals surface area contributed by atoms with Gasteiger partial charge in [-0.25, -0.2) is 0 Å². The molecule has 7 heteroatoms. The summed E-state index contributed by atoms with van der Waals surface area (Å²) in [6, 6.07) is 16.9. The van der Waals surface area contributed by atoms with Crippen molar-refractivity contribution in [2.75, 3.05) is 30.3 Å². The third-order valence-corrected chi connectivity index (χ3v) is 5.71. The van der Waals surface area contributed by atoms with Gasteiger partial charge in [0.25, 0.3) is 5.69 Å². The van der Waals surface area contributed by atoms with Crippen molar-refractivity contribution in [2.24, 2.45) is 5.92 Å². The Hall–Kier alpha value is -2.54.